The van der Waals surface area contributed by atoms with Gasteiger partial charge in [0.2, 0.25) is 0 Å². The number of amides is 1. The summed E-state index contributed by atoms with van der Waals surface area (Å²) in [6, 6.07) is 13.4. The molecule has 0 spiro atoms. The molecule has 1 amide bonds. The number of methoxy groups -OCH3 is 1. The van der Waals surface area contributed by atoms with Crippen molar-refractivity contribution in [2.24, 2.45) is 0 Å². The van der Waals surface area contributed by atoms with E-state index in [1.54, 1.807) is 44.4 Å². The average molecular weight is 475 g/mol. The Morgan fingerprint density at radius 3 is 2.56 bits per heavy atom. The number of hydrogen-bond acceptors (Lipinski definition) is 7. The van der Waals surface area contributed by atoms with Crippen LogP contribution in [0.4, 0.5) is 5.13 Å². The van der Waals surface area contributed by atoms with Crippen LogP contribution in [-0.2, 0) is 9.59 Å². The Morgan fingerprint density at radius 1 is 1.09 bits per heavy atom. The molecule has 2 aromatic heterocycles. The Hall–Kier alpha value is -3.91. The number of rotatable bonds is 4. The minimum Gasteiger partial charge on any atom is -0.507 e. The molecule has 1 fully saturated rings. The zero-order valence-corrected chi connectivity index (χ0v) is 19.9. The van der Waals surface area contributed by atoms with Gasteiger partial charge in [-0.05, 0) is 74.4 Å². The quantitative estimate of drug-likeness (QED) is 0.240. The predicted molar refractivity (Wildman–Crippen MR) is 130 cm³/mol. The lowest BCUT2D eigenvalue weighted by Gasteiger charge is -2.20. The molecule has 2 aromatic carbocycles. The average Bonchev–Trinajstić information content (AvgIpc) is 3.49. The van der Waals surface area contributed by atoms with Gasteiger partial charge in [0.25, 0.3) is 5.78 Å². The molecular weight excluding hydrogens is 452 g/mol. The molecule has 0 aliphatic carbocycles. The third-order valence-corrected chi connectivity index (χ3v) is 6.90. The number of Topliss-reactive ketones (excluding diaryl/α,β-unsaturated/α-hetero) is 1. The topological polar surface area (TPSA) is 92.9 Å². The van der Waals surface area contributed by atoms with Gasteiger partial charge in [-0.1, -0.05) is 17.4 Å². The summed E-state index contributed by atoms with van der Waals surface area (Å²) >= 11 is 1.32. The van der Waals surface area contributed by atoms with Crippen LogP contribution in [0.15, 0.2) is 58.5 Å². The Balaban J connectivity index is 1.71. The lowest BCUT2D eigenvalue weighted by molar-refractivity contribution is -0.132. The van der Waals surface area contributed by atoms with Crippen LogP contribution in [0.1, 0.15) is 34.3 Å². The summed E-state index contributed by atoms with van der Waals surface area (Å²) in [6.45, 7) is 5.60. The fourth-order valence-electron chi connectivity index (χ4n) is 4.20. The Bertz CT molecular complexity index is 1500. The summed E-state index contributed by atoms with van der Waals surface area (Å²) in [4.78, 5) is 32.5. The molecule has 34 heavy (non-hydrogen) atoms. The molecule has 0 radical (unpaired) electrons. The van der Waals surface area contributed by atoms with Crippen LogP contribution in [0.25, 0.3) is 16.0 Å². The van der Waals surface area contributed by atoms with Crippen LogP contribution in [0.3, 0.4) is 0 Å². The second-order valence-corrected chi connectivity index (χ2v) is 9.28. The van der Waals surface area contributed by atoms with Gasteiger partial charge in [-0.2, -0.15) is 0 Å². The van der Waals surface area contributed by atoms with Crippen molar-refractivity contribution in [2.45, 2.75) is 26.8 Å². The number of carbonyl (C=O) groups excluding carboxylic acids is 2. The smallest absolute Gasteiger partial charge is 0.302 e. The van der Waals surface area contributed by atoms with Crippen molar-refractivity contribution in [3.05, 3.63) is 82.3 Å². The normalized spacial score (nSPS) is 17.6. The molecule has 1 unspecified atom stereocenters. The monoisotopic (exact) mass is 474 g/mol. The summed E-state index contributed by atoms with van der Waals surface area (Å²) in [7, 11) is 1.56. The number of hydrogen-bond donors (Lipinski definition) is 1. The minimum absolute atomic E-state index is 0.0423. The summed E-state index contributed by atoms with van der Waals surface area (Å²) in [5.74, 6) is -0.176. The van der Waals surface area contributed by atoms with Gasteiger partial charge in [0.15, 0.2) is 5.13 Å². The highest BCUT2D eigenvalue weighted by Crippen LogP contribution is 2.45. The van der Waals surface area contributed by atoms with Gasteiger partial charge in [-0.3, -0.25) is 14.5 Å². The van der Waals surface area contributed by atoms with Crippen molar-refractivity contribution < 1.29 is 23.8 Å². The molecular formula is C26H22N2O5S. The van der Waals surface area contributed by atoms with E-state index in [2.05, 4.69) is 4.98 Å². The van der Waals surface area contributed by atoms with Gasteiger partial charge in [-0.25, -0.2) is 4.98 Å². The van der Waals surface area contributed by atoms with Gasteiger partial charge < -0.3 is 14.3 Å². The lowest BCUT2D eigenvalue weighted by atomic mass is 9.98. The summed E-state index contributed by atoms with van der Waals surface area (Å²) in [5, 5.41) is 11.6. The summed E-state index contributed by atoms with van der Waals surface area (Å²) in [6.07, 6.45) is 0. The first-order valence-corrected chi connectivity index (χ1v) is 11.5. The summed E-state index contributed by atoms with van der Waals surface area (Å²) < 4.78 is 12.1. The number of benzene rings is 2. The SMILES string of the molecule is COc1ccc(/C(O)=C2\C(=O)C(=O)N(c3nc4ccc(C)cc4s3)C2c2ccc(C)o2)cc1C. The first-order valence-electron chi connectivity index (χ1n) is 10.7. The third kappa shape index (κ3) is 3.47. The van der Waals surface area contributed by atoms with Crippen LogP contribution >= 0.6 is 11.3 Å². The molecule has 7 nitrogen and oxygen atoms in total. The van der Waals surface area contributed by atoms with Crippen LogP contribution in [-0.4, -0.2) is 28.9 Å². The maximum Gasteiger partial charge on any atom is 0.302 e. The van der Waals surface area contributed by atoms with E-state index in [9.17, 15) is 14.7 Å². The number of fused-ring (bicyclic) bond motifs is 1. The molecule has 8 heteroatoms. The predicted octanol–water partition coefficient (Wildman–Crippen LogP) is 5.45. The maximum atomic E-state index is 13.3. The number of aryl methyl sites for hydroxylation is 3. The Kier molecular flexibility index (Phi) is 5.25. The van der Waals surface area contributed by atoms with Crippen LogP contribution in [0.5, 0.6) is 5.75 Å². The molecule has 0 bridgehead atoms. The van der Waals surface area contributed by atoms with Gasteiger partial charge in [0, 0.05) is 5.56 Å². The van der Waals surface area contributed by atoms with Gasteiger partial charge >= 0.3 is 5.91 Å². The number of thiazole rings is 1. The number of anilines is 1. The van der Waals surface area contributed by atoms with Gasteiger partial charge in [-0.15, -0.1) is 0 Å². The van der Waals surface area contributed by atoms with Crippen molar-refractivity contribution in [3.8, 4) is 5.75 Å². The van der Waals surface area contributed by atoms with E-state index in [-0.39, 0.29) is 11.3 Å². The van der Waals surface area contributed by atoms with E-state index in [1.165, 1.54) is 16.2 Å². The Labute approximate surface area is 199 Å². The summed E-state index contributed by atoms with van der Waals surface area (Å²) in [5.41, 5.74) is 2.95. The molecule has 4 aromatic rings. The maximum absolute atomic E-state index is 13.3. The fraction of sp³-hybridized carbons (Fsp3) is 0.192. The molecule has 1 atom stereocenters. The molecule has 1 aliphatic rings. The molecule has 1 N–H and O–H groups in total. The standard InChI is InChI=1S/C26H22N2O5S/c1-13-5-8-17-20(11-13)34-26(27-17)28-22(19-9-6-15(3)33-19)21(24(30)25(28)31)23(29)16-7-10-18(32-4)14(2)12-16/h5-12,22,29H,1-4H3/b23-21+. The van der Waals surface area contributed by atoms with Crippen molar-refractivity contribution in [1.82, 2.24) is 4.98 Å². The number of ketones is 1. The van der Waals surface area contributed by atoms with E-state index in [4.69, 9.17) is 9.15 Å². The van der Waals surface area contributed by atoms with Crippen LogP contribution in [0, 0.1) is 20.8 Å². The van der Waals surface area contributed by atoms with Crippen molar-refractivity contribution >= 4 is 44.1 Å². The molecule has 1 aliphatic heterocycles. The van der Waals surface area contributed by atoms with Gasteiger partial charge in [0.1, 0.15) is 29.1 Å². The molecule has 3 heterocycles. The molecule has 1 saturated heterocycles. The van der Waals surface area contributed by atoms with E-state index in [0.717, 1.165) is 21.3 Å². The van der Waals surface area contributed by atoms with E-state index in [1.807, 2.05) is 32.0 Å². The molecule has 172 valence electrons. The zero-order valence-electron chi connectivity index (χ0n) is 19.1. The molecule has 5 rings (SSSR count). The highest BCUT2D eigenvalue weighted by atomic mass is 32.1. The number of aliphatic hydroxyl groups is 1. The van der Waals surface area contributed by atoms with Crippen molar-refractivity contribution in [2.75, 3.05) is 12.0 Å². The van der Waals surface area contributed by atoms with Crippen LogP contribution in [0.2, 0.25) is 0 Å². The number of ether oxygens (including phenoxy) is 1. The first kappa shape index (κ1) is 21.9. The van der Waals surface area contributed by atoms with E-state index >= 15 is 0 Å². The van der Waals surface area contributed by atoms with Crippen LogP contribution < -0.4 is 9.64 Å². The number of carbonyl (C=O) groups is 2. The Morgan fingerprint density at radius 2 is 1.88 bits per heavy atom. The van der Waals surface area contributed by atoms with E-state index < -0.39 is 17.7 Å². The first-order chi connectivity index (χ1) is 16.3. The highest BCUT2D eigenvalue weighted by molar-refractivity contribution is 7.22. The molecule has 0 saturated carbocycles. The fourth-order valence-corrected chi connectivity index (χ4v) is 5.29. The zero-order chi connectivity index (χ0) is 24.1. The second-order valence-electron chi connectivity index (χ2n) is 8.27. The number of aromatic nitrogens is 1. The largest absolute Gasteiger partial charge is 0.507 e. The number of furan rings is 1. The minimum atomic E-state index is -0.947. The van der Waals surface area contributed by atoms with Crippen molar-refractivity contribution in [1.29, 1.82) is 0 Å². The van der Waals surface area contributed by atoms with Crippen molar-refractivity contribution in [3.63, 3.8) is 0 Å². The number of aliphatic hydroxyl groups excluding tert-OH is 1. The second kappa shape index (κ2) is 8.14. The number of nitrogens with zero attached hydrogens (tertiary/aromatic N) is 2. The third-order valence-electron chi connectivity index (χ3n) is 5.88. The van der Waals surface area contributed by atoms with Gasteiger partial charge in [0.05, 0.1) is 22.9 Å². The highest BCUT2D eigenvalue weighted by Gasteiger charge is 2.49. The van der Waals surface area contributed by atoms with E-state index in [0.29, 0.717) is 28.0 Å². The lowest BCUT2D eigenvalue weighted by Crippen LogP contribution is -2.29.